The number of hydrogen-bond donors (Lipinski definition) is 3. The maximum absolute atomic E-state index is 13.1. The van der Waals surface area contributed by atoms with E-state index in [9.17, 15) is 43.2 Å². The van der Waals surface area contributed by atoms with Gasteiger partial charge in [0.2, 0.25) is 0 Å². The van der Waals surface area contributed by atoms with Crippen LogP contribution in [0.15, 0.2) is 0 Å². The summed E-state index contributed by atoms with van der Waals surface area (Å²) in [7, 11) is -9.91. The molecule has 0 spiro atoms. The van der Waals surface area contributed by atoms with Crippen LogP contribution in [0.1, 0.15) is 414 Å². The Kier molecular flexibility index (Phi) is 69.3. The number of phosphoric acid groups is 2. The Morgan fingerprint density at radius 1 is 0.276 bits per heavy atom. The summed E-state index contributed by atoms with van der Waals surface area (Å²) in [5.74, 6) is -0.634. The van der Waals surface area contributed by atoms with E-state index in [1.807, 2.05) is 0 Å². The summed E-state index contributed by atoms with van der Waals surface area (Å²) in [6.45, 7) is 9.56. The van der Waals surface area contributed by atoms with E-state index in [-0.39, 0.29) is 25.7 Å². The first-order valence-electron chi connectivity index (χ1n) is 41.0. The van der Waals surface area contributed by atoms with Gasteiger partial charge in [0.25, 0.3) is 0 Å². The molecule has 0 aliphatic heterocycles. The fraction of sp³-hybridized carbons (Fsp3) is 0.949. The molecular formula is C79H154O17P2. The van der Waals surface area contributed by atoms with Crippen LogP contribution in [0.5, 0.6) is 0 Å². The number of hydrogen-bond acceptors (Lipinski definition) is 15. The fourth-order valence-corrected chi connectivity index (χ4v) is 13.8. The Hall–Kier alpha value is -1.94. The van der Waals surface area contributed by atoms with Gasteiger partial charge in [0.15, 0.2) is 12.2 Å². The zero-order valence-corrected chi connectivity index (χ0v) is 65.9. The molecule has 3 N–H and O–H groups in total. The molecule has 0 bridgehead atoms. The van der Waals surface area contributed by atoms with Crippen molar-refractivity contribution in [2.75, 3.05) is 39.6 Å². The summed E-state index contributed by atoms with van der Waals surface area (Å²) in [6.07, 6.45) is 59.8. The van der Waals surface area contributed by atoms with Crippen molar-refractivity contribution in [3.05, 3.63) is 0 Å². The highest BCUT2D eigenvalue weighted by atomic mass is 31.2. The lowest BCUT2D eigenvalue weighted by Gasteiger charge is -2.21. The highest BCUT2D eigenvalue weighted by Crippen LogP contribution is 2.45. The van der Waals surface area contributed by atoms with Crippen LogP contribution in [-0.4, -0.2) is 96.7 Å². The second kappa shape index (κ2) is 70.7. The maximum atomic E-state index is 13.1. The normalized spacial score (nSPS) is 13.9. The largest absolute Gasteiger partial charge is 0.472 e. The predicted octanol–water partition coefficient (Wildman–Crippen LogP) is 23.5. The first-order valence-corrected chi connectivity index (χ1v) is 44.0. The minimum Gasteiger partial charge on any atom is -0.462 e. The van der Waals surface area contributed by atoms with Crippen molar-refractivity contribution < 1.29 is 80.2 Å². The zero-order valence-electron chi connectivity index (χ0n) is 64.1. The van der Waals surface area contributed by atoms with Gasteiger partial charge in [-0.1, -0.05) is 363 Å². The molecule has 0 rings (SSSR count). The molecule has 0 saturated heterocycles. The average molecular weight is 1440 g/mol. The maximum Gasteiger partial charge on any atom is 0.472 e. The summed E-state index contributed by atoms with van der Waals surface area (Å²) < 4.78 is 68.6. The predicted molar refractivity (Wildman–Crippen MR) is 400 cm³/mol. The Balaban J connectivity index is 5.22. The number of ether oxygens (including phenoxy) is 4. The van der Waals surface area contributed by atoms with E-state index in [4.69, 9.17) is 37.0 Å². The lowest BCUT2D eigenvalue weighted by atomic mass is 10.0. The van der Waals surface area contributed by atoms with Crippen molar-refractivity contribution in [2.24, 2.45) is 11.8 Å². The van der Waals surface area contributed by atoms with Gasteiger partial charge in [0.1, 0.15) is 19.3 Å². The third kappa shape index (κ3) is 72.4. The van der Waals surface area contributed by atoms with E-state index in [2.05, 4.69) is 41.5 Å². The molecule has 0 aliphatic carbocycles. The molecule has 0 radical (unpaired) electrons. The summed E-state index contributed by atoms with van der Waals surface area (Å²) in [4.78, 5) is 72.9. The molecule has 582 valence electrons. The lowest BCUT2D eigenvalue weighted by Crippen LogP contribution is -2.30. The second-order valence-electron chi connectivity index (χ2n) is 29.4. The molecule has 0 heterocycles. The fourth-order valence-electron chi connectivity index (χ4n) is 12.2. The van der Waals surface area contributed by atoms with Crippen molar-refractivity contribution in [1.29, 1.82) is 0 Å². The Bertz CT molecular complexity index is 1890. The van der Waals surface area contributed by atoms with Crippen LogP contribution in [0.3, 0.4) is 0 Å². The van der Waals surface area contributed by atoms with Crippen LogP contribution in [0.4, 0.5) is 0 Å². The van der Waals surface area contributed by atoms with Gasteiger partial charge >= 0.3 is 39.5 Å². The molecule has 17 nitrogen and oxygen atoms in total. The van der Waals surface area contributed by atoms with Crippen LogP contribution < -0.4 is 0 Å². The van der Waals surface area contributed by atoms with Gasteiger partial charge in [-0.05, 0) is 37.5 Å². The molecule has 0 saturated carbocycles. The number of phosphoric ester groups is 2. The molecule has 0 aromatic rings. The van der Waals surface area contributed by atoms with Crippen molar-refractivity contribution in [1.82, 2.24) is 0 Å². The van der Waals surface area contributed by atoms with Crippen molar-refractivity contribution in [2.45, 2.75) is 432 Å². The average Bonchev–Trinajstić information content (AvgIpc) is 1.10. The van der Waals surface area contributed by atoms with E-state index >= 15 is 0 Å². The third-order valence-corrected chi connectivity index (χ3v) is 20.4. The van der Waals surface area contributed by atoms with E-state index in [0.717, 1.165) is 102 Å². The Morgan fingerprint density at radius 2 is 0.469 bits per heavy atom. The number of carbonyl (C=O) groups is 4. The van der Waals surface area contributed by atoms with Gasteiger partial charge in [-0.15, -0.1) is 0 Å². The minimum atomic E-state index is -4.96. The highest BCUT2D eigenvalue weighted by molar-refractivity contribution is 7.47. The number of carbonyl (C=O) groups excluding carboxylic acids is 4. The van der Waals surface area contributed by atoms with Crippen molar-refractivity contribution >= 4 is 39.5 Å². The highest BCUT2D eigenvalue weighted by Gasteiger charge is 2.30. The molecule has 2 unspecified atom stereocenters. The van der Waals surface area contributed by atoms with Crippen LogP contribution in [-0.2, 0) is 65.4 Å². The number of aliphatic hydroxyl groups excluding tert-OH is 1. The number of rotatable bonds is 78. The standard InChI is InChI=1S/C79H154O17P2/c1-7-9-11-13-15-17-19-21-22-23-24-25-26-32-36-40-44-52-58-64-78(83)95-74(67-89-76(81)61-55-49-42-38-34-31-28-27-30-33-37-41-47-53-59-71(3)4)69-93-97(85,86)91-65-73(80)66-92-98(87,88)94-70-75(68-90-77(82)62-56-50-46-45-48-54-60-72(5)6)96-79(84)63-57-51-43-39-35-29-20-18-16-14-12-10-8-2/h71-75,80H,7-70H2,1-6H3,(H,85,86)(H,87,88)/t73-,74-,75-/m1/s1. The monoisotopic (exact) mass is 1440 g/mol. The topological polar surface area (TPSA) is 237 Å². The van der Waals surface area contributed by atoms with Gasteiger partial charge in [-0.2, -0.15) is 0 Å². The summed E-state index contributed by atoms with van der Waals surface area (Å²) >= 11 is 0. The number of unbranched alkanes of at least 4 members (excludes halogenated alkanes) is 48. The van der Waals surface area contributed by atoms with Crippen LogP contribution in [0.2, 0.25) is 0 Å². The summed E-state index contributed by atoms with van der Waals surface area (Å²) in [5, 5.41) is 10.6. The van der Waals surface area contributed by atoms with E-state index < -0.39 is 97.5 Å². The van der Waals surface area contributed by atoms with Crippen molar-refractivity contribution in [3.8, 4) is 0 Å². The Morgan fingerprint density at radius 3 is 0.694 bits per heavy atom. The molecule has 19 heteroatoms. The van der Waals surface area contributed by atoms with Gasteiger partial charge < -0.3 is 33.8 Å². The van der Waals surface area contributed by atoms with Gasteiger partial charge in [-0.3, -0.25) is 37.3 Å². The second-order valence-corrected chi connectivity index (χ2v) is 32.3. The number of aliphatic hydroxyl groups is 1. The molecule has 0 aromatic heterocycles. The molecule has 5 atom stereocenters. The SMILES string of the molecule is CCCCCCCCCCCCCCCCCCCCCC(=O)O[C@H](COC(=O)CCCCCCCCCCCCCCCCC(C)C)COP(=O)(O)OC[C@@H](O)COP(=O)(O)OC[C@@H](COC(=O)CCCCCCCCC(C)C)OC(=O)CCCCCCCCCCCCCCC. The van der Waals surface area contributed by atoms with Gasteiger partial charge in [0, 0.05) is 25.7 Å². The van der Waals surface area contributed by atoms with E-state index in [1.54, 1.807) is 0 Å². The molecule has 0 amide bonds. The lowest BCUT2D eigenvalue weighted by molar-refractivity contribution is -0.161. The van der Waals surface area contributed by atoms with Gasteiger partial charge in [-0.25, -0.2) is 9.13 Å². The first-order chi connectivity index (χ1) is 47.4. The zero-order chi connectivity index (χ0) is 72.1. The minimum absolute atomic E-state index is 0.107. The molecule has 98 heavy (non-hydrogen) atoms. The Labute approximate surface area is 600 Å². The molecule has 0 aromatic carbocycles. The van der Waals surface area contributed by atoms with Crippen LogP contribution >= 0.6 is 15.6 Å². The third-order valence-electron chi connectivity index (χ3n) is 18.5. The summed E-state index contributed by atoms with van der Waals surface area (Å²) in [6, 6.07) is 0. The van der Waals surface area contributed by atoms with Crippen molar-refractivity contribution in [3.63, 3.8) is 0 Å². The smallest absolute Gasteiger partial charge is 0.462 e. The summed E-state index contributed by atoms with van der Waals surface area (Å²) in [5.41, 5.74) is 0. The van der Waals surface area contributed by atoms with Gasteiger partial charge in [0.05, 0.1) is 26.4 Å². The van der Waals surface area contributed by atoms with Crippen LogP contribution in [0, 0.1) is 11.8 Å². The molecule has 0 fully saturated rings. The molecule has 0 aliphatic rings. The number of esters is 4. The first kappa shape index (κ1) is 96.1. The van der Waals surface area contributed by atoms with E-state index in [1.165, 1.54) is 225 Å². The molecular weight excluding hydrogens is 1280 g/mol. The van der Waals surface area contributed by atoms with E-state index in [0.29, 0.717) is 31.6 Å². The quantitative estimate of drug-likeness (QED) is 0.0222. The van der Waals surface area contributed by atoms with Crippen LogP contribution in [0.25, 0.3) is 0 Å².